The van der Waals surface area contributed by atoms with Crippen LogP contribution in [-0.4, -0.2) is 34.4 Å². The molecule has 0 amide bonds. The second-order valence-electron chi connectivity index (χ2n) is 10.7. The number of rotatable bonds is 10. The summed E-state index contributed by atoms with van der Waals surface area (Å²) >= 11 is 0. The van der Waals surface area contributed by atoms with E-state index in [1.165, 1.54) is 5.39 Å². The van der Waals surface area contributed by atoms with Crippen molar-refractivity contribution in [3.05, 3.63) is 91.0 Å². The SMILES string of the molecule is COc1cccc(Nc2nc(NCC3CCC(CNS(=O)c4ccc5ccccc5c4)CC3)nc3ccccc23)c1. The van der Waals surface area contributed by atoms with Crippen molar-refractivity contribution in [3.8, 4) is 5.75 Å². The summed E-state index contributed by atoms with van der Waals surface area (Å²) in [7, 11) is 0.464. The monoisotopic (exact) mass is 565 g/mol. The van der Waals surface area contributed by atoms with Crippen LogP contribution in [0.5, 0.6) is 5.75 Å². The average Bonchev–Trinajstić information content (AvgIpc) is 3.03. The minimum absolute atomic E-state index is 0.534. The summed E-state index contributed by atoms with van der Waals surface area (Å²) < 4.78 is 21.5. The highest BCUT2D eigenvalue weighted by Crippen LogP contribution is 2.30. The number of ether oxygens (including phenoxy) is 1. The molecule has 4 aromatic carbocycles. The molecule has 41 heavy (non-hydrogen) atoms. The van der Waals surface area contributed by atoms with E-state index in [9.17, 15) is 4.21 Å². The minimum atomic E-state index is -1.20. The fourth-order valence-corrected chi connectivity index (χ4v) is 6.50. The third-order valence-corrected chi connectivity index (χ3v) is 9.00. The van der Waals surface area contributed by atoms with Gasteiger partial charge in [-0.1, -0.05) is 48.5 Å². The summed E-state index contributed by atoms with van der Waals surface area (Å²) in [6.07, 6.45) is 4.50. The van der Waals surface area contributed by atoms with E-state index in [0.29, 0.717) is 17.8 Å². The zero-order valence-corrected chi connectivity index (χ0v) is 24.0. The van der Waals surface area contributed by atoms with Crippen LogP contribution in [-0.2, 0) is 11.0 Å². The van der Waals surface area contributed by atoms with Crippen LogP contribution in [0.2, 0.25) is 0 Å². The van der Waals surface area contributed by atoms with Crippen LogP contribution in [0.3, 0.4) is 0 Å². The maximum atomic E-state index is 12.9. The van der Waals surface area contributed by atoms with Gasteiger partial charge < -0.3 is 15.4 Å². The normalized spacial score (nSPS) is 17.8. The summed E-state index contributed by atoms with van der Waals surface area (Å²) in [5, 5.41) is 10.2. The van der Waals surface area contributed by atoms with E-state index in [1.54, 1.807) is 7.11 Å². The van der Waals surface area contributed by atoms with Crippen molar-refractivity contribution < 1.29 is 8.95 Å². The van der Waals surface area contributed by atoms with E-state index in [4.69, 9.17) is 14.7 Å². The van der Waals surface area contributed by atoms with Crippen LogP contribution in [0.15, 0.2) is 95.9 Å². The number of aromatic nitrogens is 2. The van der Waals surface area contributed by atoms with Gasteiger partial charge in [-0.05, 0) is 84.7 Å². The van der Waals surface area contributed by atoms with Crippen molar-refractivity contribution in [1.82, 2.24) is 14.7 Å². The van der Waals surface area contributed by atoms with Gasteiger partial charge in [0.15, 0.2) is 0 Å². The van der Waals surface area contributed by atoms with E-state index in [-0.39, 0.29) is 0 Å². The average molecular weight is 566 g/mol. The lowest BCUT2D eigenvalue weighted by Gasteiger charge is -2.28. The Labute approximate surface area is 243 Å². The minimum Gasteiger partial charge on any atom is -0.497 e. The first-order valence-electron chi connectivity index (χ1n) is 14.2. The highest BCUT2D eigenvalue weighted by molar-refractivity contribution is 7.83. The molecular weight excluding hydrogens is 530 g/mol. The Bertz CT molecular complexity index is 1670. The lowest BCUT2D eigenvalue weighted by molar-refractivity contribution is 0.285. The van der Waals surface area contributed by atoms with Crippen LogP contribution in [0.4, 0.5) is 17.5 Å². The second-order valence-corrected chi connectivity index (χ2v) is 12.0. The molecule has 1 unspecified atom stereocenters. The lowest BCUT2D eigenvalue weighted by Crippen LogP contribution is -2.29. The maximum Gasteiger partial charge on any atom is 0.225 e. The number of para-hydroxylation sites is 1. The van der Waals surface area contributed by atoms with Gasteiger partial charge >= 0.3 is 0 Å². The quantitative estimate of drug-likeness (QED) is 0.168. The topological polar surface area (TPSA) is 88.2 Å². The molecule has 6 rings (SSSR count). The van der Waals surface area contributed by atoms with Crippen molar-refractivity contribution in [2.45, 2.75) is 30.6 Å². The molecule has 0 aliphatic heterocycles. The van der Waals surface area contributed by atoms with Gasteiger partial charge in [-0.15, -0.1) is 0 Å². The van der Waals surface area contributed by atoms with E-state index in [2.05, 4.69) is 27.5 Å². The summed E-state index contributed by atoms with van der Waals surface area (Å²) in [6, 6.07) is 30.1. The summed E-state index contributed by atoms with van der Waals surface area (Å²) in [5.74, 6) is 3.27. The standard InChI is InChI=1S/C33H35N5O2S/c1-40-28-10-6-9-27(20-28)36-32-30-11-4-5-12-31(30)37-33(38-32)34-21-23-13-15-24(16-14-23)22-35-41(39)29-18-17-25-7-2-3-8-26(25)19-29/h2-12,17-20,23-24,35H,13-16,21-22H2,1H3,(H2,34,36,37,38). The molecule has 0 radical (unpaired) electrons. The number of fused-ring (bicyclic) bond motifs is 2. The Morgan fingerprint density at radius 1 is 0.805 bits per heavy atom. The molecule has 1 aliphatic rings. The molecule has 0 bridgehead atoms. The first-order chi connectivity index (χ1) is 20.1. The van der Waals surface area contributed by atoms with Crippen LogP contribution in [0.1, 0.15) is 25.7 Å². The fourth-order valence-electron chi connectivity index (χ4n) is 5.52. The molecule has 0 spiro atoms. The summed E-state index contributed by atoms with van der Waals surface area (Å²) in [6.45, 7) is 1.60. The van der Waals surface area contributed by atoms with Crippen LogP contribution in [0.25, 0.3) is 21.7 Å². The molecular formula is C33H35N5O2S. The van der Waals surface area contributed by atoms with Gasteiger partial charge in [-0.3, -0.25) is 0 Å². The molecule has 8 heteroatoms. The van der Waals surface area contributed by atoms with Crippen LogP contribution < -0.4 is 20.1 Å². The molecule has 0 saturated heterocycles. The number of benzene rings is 4. The van der Waals surface area contributed by atoms with Gasteiger partial charge in [0.2, 0.25) is 5.95 Å². The molecule has 1 fully saturated rings. The Balaban J connectivity index is 1.02. The van der Waals surface area contributed by atoms with E-state index in [1.807, 2.05) is 78.9 Å². The predicted octanol–water partition coefficient (Wildman–Crippen LogP) is 7.07. The molecule has 1 aliphatic carbocycles. The summed E-state index contributed by atoms with van der Waals surface area (Å²) in [5.41, 5.74) is 1.80. The first kappa shape index (κ1) is 27.2. The number of methoxy groups -OCH3 is 1. The van der Waals surface area contributed by atoms with Crippen LogP contribution >= 0.6 is 0 Å². The van der Waals surface area contributed by atoms with Gasteiger partial charge in [0.1, 0.15) is 22.6 Å². The highest BCUT2D eigenvalue weighted by atomic mass is 32.2. The molecule has 1 aromatic heterocycles. The molecule has 7 nitrogen and oxygen atoms in total. The Morgan fingerprint density at radius 3 is 2.39 bits per heavy atom. The number of hydrogen-bond acceptors (Lipinski definition) is 6. The van der Waals surface area contributed by atoms with Gasteiger partial charge in [0.25, 0.3) is 0 Å². The number of anilines is 3. The molecule has 3 N–H and O–H groups in total. The fraction of sp³-hybridized carbons (Fsp3) is 0.273. The third kappa shape index (κ3) is 6.66. The van der Waals surface area contributed by atoms with E-state index >= 15 is 0 Å². The number of nitrogens with one attached hydrogen (secondary N) is 3. The van der Waals surface area contributed by atoms with Crippen molar-refractivity contribution >= 4 is 50.1 Å². The summed E-state index contributed by atoms with van der Waals surface area (Å²) in [4.78, 5) is 10.4. The van der Waals surface area contributed by atoms with Crippen molar-refractivity contribution in [2.24, 2.45) is 11.8 Å². The third-order valence-electron chi connectivity index (χ3n) is 7.89. The van der Waals surface area contributed by atoms with Gasteiger partial charge in [-0.2, -0.15) is 4.98 Å². The zero-order chi connectivity index (χ0) is 28.0. The zero-order valence-electron chi connectivity index (χ0n) is 23.2. The van der Waals surface area contributed by atoms with Crippen molar-refractivity contribution in [3.63, 3.8) is 0 Å². The van der Waals surface area contributed by atoms with Crippen LogP contribution in [0, 0.1) is 11.8 Å². The van der Waals surface area contributed by atoms with Gasteiger partial charge in [0.05, 0.1) is 17.5 Å². The largest absolute Gasteiger partial charge is 0.497 e. The second kappa shape index (κ2) is 12.7. The highest BCUT2D eigenvalue weighted by Gasteiger charge is 2.22. The van der Waals surface area contributed by atoms with E-state index in [0.717, 1.165) is 77.2 Å². The van der Waals surface area contributed by atoms with E-state index < -0.39 is 11.0 Å². The Kier molecular flexibility index (Phi) is 8.39. The smallest absolute Gasteiger partial charge is 0.225 e. The molecule has 5 aromatic rings. The van der Waals surface area contributed by atoms with Gasteiger partial charge in [0, 0.05) is 30.2 Å². The van der Waals surface area contributed by atoms with Crippen molar-refractivity contribution in [2.75, 3.05) is 30.8 Å². The first-order valence-corrected chi connectivity index (χ1v) is 15.4. The lowest BCUT2D eigenvalue weighted by atomic mass is 9.82. The molecule has 1 heterocycles. The molecule has 1 saturated carbocycles. The Morgan fingerprint density at radius 2 is 1.56 bits per heavy atom. The predicted molar refractivity (Wildman–Crippen MR) is 168 cm³/mol. The number of nitrogens with zero attached hydrogens (tertiary/aromatic N) is 2. The molecule has 210 valence electrons. The number of hydrogen-bond donors (Lipinski definition) is 3. The molecule has 1 atom stereocenters. The Hall–Kier alpha value is -4.01. The maximum absolute atomic E-state index is 12.9. The van der Waals surface area contributed by atoms with Gasteiger partial charge in [-0.25, -0.2) is 13.9 Å². The van der Waals surface area contributed by atoms with Crippen molar-refractivity contribution in [1.29, 1.82) is 0 Å².